The predicted molar refractivity (Wildman–Crippen MR) is 154 cm³/mol. The summed E-state index contributed by atoms with van der Waals surface area (Å²) in [5, 5.41) is 0. The van der Waals surface area contributed by atoms with Crippen molar-refractivity contribution in [1.29, 1.82) is 0 Å². The molecule has 3 fully saturated rings. The quantitative estimate of drug-likeness (QED) is 0.348. The Hall–Kier alpha value is -3.24. The lowest BCUT2D eigenvalue weighted by Gasteiger charge is -2.37. The molecule has 1 aromatic carbocycles. The topological polar surface area (TPSA) is 61.2 Å². The molecule has 0 radical (unpaired) electrons. The first-order valence-corrected chi connectivity index (χ1v) is 14.2. The van der Waals surface area contributed by atoms with E-state index in [1.54, 1.807) is 33.7 Å². The Labute approximate surface area is 229 Å². The number of rotatable bonds is 4. The number of hydrogen-bond donors (Lipinski definition) is 0. The SMILES string of the molecule is Cc1ccc2nc(N3CCN(c4ccc(F)cc4)CC3)c(C=C3SC(=S)N(C4CCCC4)C3=O)c(=O)n2c1. The highest BCUT2D eigenvalue weighted by atomic mass is 32.2. The van der Waals surface area contributed by atoms with Gasteiger partial charge in [0.1, 0.15) is 21.6 Å². The number of amides is 1. The summed E-state index contributed by atoms with van der Waals surface area (Å²) in [7, 11) is 0. The first kappa shape index (κ1) is 25.1. The largest absolute Gasteiger partial charge is 0.368 e. The zero-order valence-corrected chi connectivity index (χ0v) is 22.7. The van der Waals surface area contributed by atoms with Crippen LogP contribution >= 0.6 is 24.0 Å². The second-order valence-electron chi connectivity index (χ2n) is 10.0. The highest BCUT2D eigenvalue weighted by Gasteiger charge is 2.38. The van der Waals surface area contributed by atoms with Gasteiger partial charge in [0.05, 0.1) is 10.5 Å². The molecule has 38 heavy (non-hydrogen) atoms. The molecule has 2 aliphatic heterocycles. The number of benzene rings is 1. The Morgan fingerprint density at radius 1 is 1.00 bits per heavy atom. The molecule has 0 bridgehead atoms. The molecule has 0 atom stereocenters. The number of fused-ring (bicyclic) bond motifs is 1. The van der Waals surface area contributed by atoms with E-state index in [2.05, 4.69) is 9.80 Å². The molecule has 1 amide bonds. The minimum atomic E-state index is -0.258. The van der Waals surface area contributed by atoms with E-state index in [9.17, 15) is 14.0 Å². The molecule has 3 aliphatic rings. The molecule has 3 aromatic rings. The number of thioether (sulfide) groups is 1. The smallest absolute Gasteiger partial charge is 0.267 e. The highest BCUT2D eigenvalue weighted by Crippen LogP contribution is 2.38. The van der Waals surface area contributed by atoms with E-state index in [4.69, 9.17) is 17.2 Å². The third-order valence-electron chi connectivity index (χ3n) is 7.55. The van der Waals surface area contributed by atoms with Crippen molar-refractivity contribution >= 4 is 57.4 Å². The number of halogens is 1. The standard InChI is InChI=1S/C28H28FN5O2S2/c1-18-6-11-24-30-25(32-14-12-31(13-15-32)20-9-7-19(29)8-10-20)22(26(35)33(24)17-18)16-23-27(36)34(28(37)38-23)21-4-2-3-5-21/h6-11,16-17,21H,2-5,12-15H2,1H3. The summed E-state index contributed by atoms with van der Waals surface area (Å²) in [5.41, 5.74) is 2.66. The lowest BCUT2D eigenvalue weighted by molar-refractivity contribution is -0.123. The Morgan fingerprint density at radius 3 is 2.39 bits per heavy atom. The van der Waals surface area contributed by atoms with Crippen molar-refractivity contribution in [2.45, 2.75) is 38.6 Å². The number of pyridine rings is 1. The van der Waals surface area contributed by atoms with E-state index < -0.39 is 0 Å². The predicted octanol–water partition coefficient (Wildman–Crippen LogP) is 4.61. The van der Waals surface area contributed by atoms with Gasteiger partial charge in [-0.3, -0.25) is 18.9 Å². The summed E-state index contributed by atoms with van der Waals surface area (Å²) < 4.78 is 15.5. The van der Waals surface area contributed by atoms with Crippen LogP contribution in [-0.4, -0.2) is 56.7 Å². The van der Waals surface area contributed by atoms with E-state index >= 15 is 0 Å². The molecule has 2 aromatic heterocycles. The summed E-state index contributed by atoms with van der Waals surface area (Å²) in [6.45, 7) is 4.60. The minimum absolute atomic E-state index is 0.118. The number of piperazine rings is 1. The normalized spacial score (nSPS) is 19.9. The van der Waals surface area contributed by atoms with Gasteiger partial charge in [-0.2, -0.15) is 0 Å². The zero-order chi connectivity index (χ0) is 26.4. The van der Waals surface area contributed by atoms with Crippen molar-refractivity contribution in [3.8, 4) is 0 Å². The van der Waals surface area contributed by atoms with Crippen molar-refractivity contribution in [2.75, 3.05) is 36.0 Å². The van der Waals surface area contributed by atoms with Crippen LogP contribution in [0, 0.1) is 12.7 Å². The van der Waals surface area contributed by atoms with Gasteiger partial charge in [0.25, 0.3) is 11.5 Å². The molecule has 4 heterocycles. The maximum absolute atomic E-state index is 13.8. The summed E-state index contributed by atoms with van der Waals surface area (Å²) in [6.07, 6.45) is 7.60. The summed E-state index contributed by atoms with van der Waals surface area (Å²) in [4.78, 5) is 38.7. The van der Waals surface area contributed by atoms with Crippen LogP contribution in [0.25, 0.3) is 11.7 Å². The maximum atomic E-state index is 13.8. The molecule has 1 saturated carbocycles. The van der Waals surface area contributed by atoms with Crippen LogP contribution < -0.4 is 15.4 Å². The molecule has 0 unspecified atom stereocenters. The molecule has 196 valence electrons. The van der Waals surface area contributed by atoms with Gasteiger partial charge in [0.2, 0.25) is 0 Å². The van der Waals surface area contributed by atoms with Gasteiger partial charge in [-0.25, -0.2) is 9.37 Å². The Balaban J connectivity index is 1.36. The summed E-state index contributed by atoms with van der Waals surface area (Å²) in [6, 6.07) is 10.4. The molecule has 0 N–H and O–H groups in total. The van der Waals surface area contributed by atoms with Gasteiger partial charge in [0.15, 0.2) is 0 Å². The lowest BCUT2D eigenvalue weighted by Crippen LogP contribution is -2.47. The van der Waals surface area contributed by atoms with Crippen LogP contribution in [0.3, 0.4) is 0 Å². The molecule has 2 saturated heterocycles. The zero-order valence-electron chi connectivity index (χ0n) is 21.1. The highest BCUT2D eigenvalue weighted by molar-refractivity contribution is 8.26. The molecule has 1 aliphatic carbocycles. The summed E-state index contributed by atoms with van der Waals surface area (Å²) >= 11 is 6.86. The number of anilines is 2. The van der Waals surface area contributed by atoms with Crippen molar-refractivity contribution in [3.05, 3.63) is 74.8 Å². The number of aromatic nitrogens is 2. The van der Waals surface area contributed by atoms with Crippen LogP contribution in [0.15, 0.2) is 52.3 Å². The molecule has 10 heteroatoms. The van der Waals surface area contributed by atoms with Crippen molar-refractivity contribution < 1.29 is 9.18 Å². The fraction of sp³-hybridized carbons (Fsp3) is 0.357. The molecular formula is C28H28FN5O2S2. The van der Waals surface area contributed by atoms with Gasteiger partial charge in [0, 0.05) is 44.1 Å². The van der Waals surface area contributed by atoms with E-state index in [1.165, 1.54) is 23.9 Å². The average Bonchev–Trinajstić information content (AvgIpc) is 3.54. The third kappa shape index (κ3) is 4.60. The molecule has 7 nitrogen and oxygen atoms in total. The first-order valence-electron chi connectivity index (χ1n) is 12.9. The number of nitrogens with zero attached hydrogens (tertiary/aromatic N) is 5. The third-order valence-corrected chi connectivity index (χ3v) is 8.88. The van der Waals surface area contributed by atoms with E-state index in [1.807, 2.05) is 19.1 Å². The van der Waals surface area contributed by atoms with Gasteiger partial charge < -0.3 is 9.80 Å². The average molecular weight is 550 g/mol. The number of hydrogen-bond acceptors (Lipinski definition) is 7. The molecule has 0 spiro atoms. The second-order valence-corrected chi connectivity index (χ2v) is 11.7. The minimum Gasteiger partial charge on any atom is -0.368 e. The van der Waals surface area contributed by atoms with Crippen molar-refractivity contribution in [2.24, 2.45) is 0 Å². The van der Waals surface area contributed by atoms with Crippen LogP contribution in [-0.2, 0) is 4.79 Å². The van der Waals surface area contributed by atoms with Crippen LogP contribution in [0.2, 0.25) is 0 Å². The number of thiocarbonyl (C=S) groups is 1. The second kappa shape index (κ2) is 10.1. The summed E-state index contributed by atoms with van der Waals surface area (Å²) in [5.74, 6) is 0.197. The van der Waals surface area contributed by atoms with Gasteiger partial charge in [-0.1, -0.05) is 42.9 Å². The Morgan fingerprint density at radius 2 is 1.68 bits per heavy atom. The molecule has 6 rings (SSSR count). The number of aryl methyl sites for hydroxylation is 1. The van der Waals surface area contributed by atoms with Crippen LogP contribution in [0.4, 0.5) is 15.9 Å². The number of carbonyl (C=O) groups excluding carboxylic acids is 1. The van der Waals surface area contributed by atoms with E-state index in [0.717, 1.165) is 36.9 Å². The van der Waals surface area contributed by atoms with Gasteiger partial charge in [-0.15, -0.1) is 0 Å². The van der Waals surface area contributed by atoms with E-state index in [-0.39, 0.29) is 23.3 Å². The number of carbonyl (C=O) groups is 1. The van der Waals surface area contributed by atoms with Gasteiger partial charge >= 0.3 is 0 Å². The van der Waals surface area contributed by atoms with Crippen LogP contribution in [0.5, 0.6) is 0 Å². The molecular weight excluding hydrogens is 521 g/mol. The first-order chi connectivity index (χ1) is 18.4. The Bertz CT molecular complexity index is 1510. The fourth-order valence-corrected chi connectivity index (χ4v) is 6.91. The van der Waals surface area contributed by atoms with Crippen LogP contribution in [0.1, 0.15) is 36.8 Å². The maximum Gasteiger partial charge on any atom is 0.267 e. The van der Waals surface area contributed by atoms with E-state index in [0.29, 0.717) is 52.4 Å². The van der Waals surface area contributed by atoms with Crippen molar-refractivity contribution in [3.63, 3.8) is 0 Å². The fourth-order valence-electron chi connectivity index (χ4n) is 5.53. The van der Waals surface area contributed by atoms with Crippen molar-refractivity contribution in [1.82, 2.24) is 14.3 Å². The lowest BCUT2D eigenvalue weighted by atomic mass is 10.2. The monoisotopic (exact) mass is 549 g/mol. The Kier molecular flexibility index (Phi) is 6.69. The van der Waals surface area contributed by atoms with Gasteiger partial charge in [-0.05, 0) is 61.7 Å².